The third-order valence-corrected chi connectivity index (χ3v) is 3.84. The van der Waals surface area contributed by atoms with Crippen molar-refractivity contribution >= 4 is 40.4 Å². The summed E-state index contributed by atoms with van der Waals surface area (Å²) in [5.74, 6) is 0.423. The van der Waals surface area contributed by atoms with Gasteiger partial charge in [0.25, 0.3) is 5.22 Å². The Hall–Kier alpha value is -1.20. The molecule has 1 unspecified atom stereocenters. The van der Waals surface area contributed by atoms with Gasteiger partial charge in [0.1, 0.15) is 5.52 Å². The van der Waals surface area contributed by atoms with Crippen LogP contribution in [0, 0.1) is 5.92 Å². The molecule has 0 spiro atoms. The number of halogens is 1. The van der Waals surface area contributed by atoms with E-state index in [2.05, 4.69) is 24.1 Å². The first kappa shape index (κ1) is 15.2. The van der Waals surface area contributed by atoms with Gasteiger partial charge >= 0.3 is 0 Å². The zero-order chi connectivity index (χ0) is 14.7. The molecular formula is C14H17ClN2O2S. The lowest BCUT2D eigenvalue weighted by atomic mass is 10.2. The number of hydrogen-bond donors (Lipinski definition) is 1. The number of carbonyl (C=O) groups is 1. The lowest BCUT2D eigenvalue weighted by molar-refractivity contribution is -0.120. The normalized spacial score (nSPS) is 12.8. The van der Waals surface area contributed by atoms with Crippen LogP contribution in [-0.4, -0.2) is 22.7 Å². The number of hydrogen-bond acceptors (Lipinski definition) is 4. The SMILES string of the molecule is CC(C)CNC(=O)C(C)Sc1nc2cc(Cl)ccc2o1. The largest absolute Gasteiger partial charge is 0.431 e. The van der Waals surface area contributed by atoms with E-state index in [0.29, 0.717) is 33.8 Å². The van der Waals surface area contributed by atoms with Gasteiger partial charge in [-0.05, 0) is 31.0 Å². The zero-order valence-electron chi connectivity index (χ0n) is 11.6. The fourth-order valence-electron chi connectivity index (χ4n) is 1.58. The zero-order valence-corrected chi connectivity index (χ0v) is 13.2. The molecule has 1 amide bonds. The highest BCUT2D eigenvalue weighted by atomic mass is 35.5. The number of nitrogens with zero attached hydrogens (tertiary/aromatic N) is 1. The molecule has 0 aliphatic rings. The second-order valence-corrected chi connectivity index (χ2v) is 6.72. The molecule has 0 saturated heterocycles. The summed E-state index contributed by atoms with van der Waals surface area (Å²) in [6, 6.07) is 5.27. The van der Waals surface area contributed by atoms with Crippen molar-refractivity contribution in [2.24, 2.45) is 5.92 Å². The first-order valence-electron chi connectivity index (χ1n) is 6.46. The smallest absolute Gasteiger partial charge is 0.257 e. The molecule has 1 N–H and O–H groups in total. The number of fused-ring (bicyclic) bond motifs is 1. The minimum absolute atomic E-state index is 0.0102. The lowest BCUT2D eigenvalue weighted by Gasteiger charge is -2.11. The molecule has 1 aromatic heterocycles. The number of carbonyl (C=O) groups excluding carboxylic acids is 1. The first-order chi connectivity index (χ1) is 9.45. The number of thioether (sulfide) groups is 1. The van der Waals surface area contributed by atoms with Crippen molar-refractivity contribution in [2.75, 3.05) is 6.54 Å². The van der Waals surface area contributed by atoms with Gasteiger partial charge in [0.15, 0.2) is 5.58 Å². The number of amides is 1. The second-order valence-electron chi connectivity index (χ2n) is 4.99. The Morgan fingerprint density at radius 2 is 2.20 bits per heavy atom. The van der Waals surface area contributed by atoms with E-state index in [-0.39, 0.29) is 11.2 Å². The van der Waals surface area contributed by atoms with Crippen molar-refractivity contribution in [3.05, 3.63) is 23.2 Å². The van der Waals surface area contributed by atoms with Crippen molar-refractivity contribution in [1.29, 1.82) is 0 Å². The monoisotopic (exact) mass is 312 g/mol. The Morgan fingerprint density at radius 1 is 1.45 bits per heavy atom. The summed E-state index contributed by atoms with van der Waals surface area (Å²) in [5.41, 5.74) is 1.38. The van der Waals surface area contributed by atoms with Gasteiger partial charge in [-0.3, -0.25) is 4.79 Å². The number of benzene rings is 1. The van der Waals surface area contributed by atoms with Gasteiger partial charge in [-0.1, -0.05) is 37.2 Å². The molecular weight excluding hydrogens is 296 g/mol. The molecule has 0 radical (unpaired) electrons. The molecule has 2 rings (SSSR count). The van der Waals surface area contributed by atoms with E-state index in [1.54, 1.807) is 18.2 Å². The molecule has 0 fully saturated rings. The maximum Gasteiger partial charge on any atom is 0.257 e. The lowest BCUT2D eigenvalue weighted by Crippen LogP contribution is -2.33. The summed E-state index contributed by atoms with van der Waals surface area (Å²) >= 11 is 7.20. The van der Waals surface area contributed by atoms with Gasteiger partial charge < -0.3 is 9.73 Å². The third kappa shape index (κ3) is 3.90. The molecule has 20 heavy (non-hydrogen) atoms. The van der Waals surface area contributed by atoms with Gasteiger partial charge in [-0.15, -0.1) is 0 Å². The number of aromatic nitrogens is 1. The van der Waals surface area contributed by atoms with E-state index in [9.17, 15) is 4.79 Å². The average Bonchev–Trinajstić information content (AvgIpc) is 2.76. The van der Waals surface area contributed by atoms with Gasteiger partial charge in [0.2, 0.25) is 5.91 Å². The topological polar surface area (TPSA) is 55.1 Å². The summed E-state index contributed by atoms with van der Waals surface area (Å²) in [7, 11) is 0. The quantitative estimate of drug-likeness (QED) is 0.855. The van der Waals surface area contributed by atoms with Gasteiger partial charge in [0, 0.05) is 11.6 Å². The summed E-state index contributed by atoms with van der Waals surface area (Å²) in [5, 5.41) is 3.74. The van der Waals surface area contributed by atoms with Crippen LogP contribution in [0.25, 0.3) is 11.1 Å². The van der Waals surface area contributed by atoms with Crippen LogP contribution in [0.4, 0.5) is 0 Å². The van der Waals surface area contributed by atoms with Gasteiger partial charge in [-0.2, -0.15) is 0 Å². The molecule has 1 atom stereocenters. The Morgan fingerprint density at radius 3 is 2.90 bits per heavy atom. The fourth-order valence-corrected chi connectivity index (χ4v) is 2.53. The molecule has 108 valence electrons. The highest BCUT2D eigenvalue weighted by Gasteiger charge is 2.18. The Bertz CT molecular complexity index is 612. The van der Waals surface area contributed by atoms with E-state index in [1.807, 2.05) is 6.92 Å². The molecule has 0 aliphatic heterocycles. The first-order valence-corrected chi connectivity index (χ1v) is 7.72. The van der Waals surface area contributed by atoms with E-state index in [1.165, 1.54) is 11.8 Å². The van der Waals surface area contributed by atoms with E-state index in [4.69, 9.17) is 16.0 Å². The average molecular weight is 313 g/mol. The molecule has 6 heteroatoms. The summed E-state index contributed by atoms with van der Waals surface area (Å²) < 4.78 is 5.58. The fraction of sp³-hybridized carbons (Fsp3) is 0.429. The minimum atomic E-state index is -0.253. The highest BCUT2D eigenvalue weighted by Crippen LogP contribution is 2.28. The Labute approximate surface area is 127 Å². The van der Waals surface area contributed by atoms with Crippen molar-refractivity contribution in [2.45, 2.75) is 31.2 Å². The third-order valence-electron chi connectivity index (χ3n) is 2.66. The molecule has 0 saturated carbocycles. The predicted octanol–water partition coefficient (Wildman–Crippen LogP) is 3.73. The van der Waals surface area contributed by atoms with E-state index in [0.717, 1.165) is 0 Å². The van der Waals surface area contributed by atoms with Crippen LogP contribution in [0.2, 0.25) is 5.02 Å². The second kappa shape index (κ2) is 6.50. The van der Waals surface area contributed by atoms with Crippen LogP contribution in [0.5, 0.6) is 0 Å². The maximum atomic E-state index is 11.9. The maximum absolute atomic E-state index is 11.9. The molecule has 4 nitrogen and oxygen atoms in total. The standard InChI is InChI=1S/C14H17ClN2O2S/c1-8(2)7-16-13(18)9(3)20-14-17-11-6-10(15)4-5-12(11)19-14/h4-6,8-9H,7H2,1-3H3,(H,16,18). The van der Waals surface area contributed by atoms with Crippen LogP contribution < -0.4 is 5.32 Å². The van der Waals surface area contributed by atoms with E-state index < -0.39 is 0 Å². The van der Waals surface area contributed by atoms with Gasteiger partial charge in [-0.25, -0.2) is 4.98 Å². The predicted molar refractivity (Wildman–Crippen MR) is 82.2 cm³/mol. The Balaban J connectivity index is 2.02. The highest BCUT2D eigenvalue weighted by molar-refractivity contribution is 8.00. The van der Waals surface area contributed by atoms with Crippen LogP contribution in [-0.2, 0) is 4.79 Å². The molecule has 1 heterocycles. The van der Waals surface area contributed by atoms with Crippen LogP contribution in [0.1, 0.15) is 20.8 Å². The van der Waals surface area contributed by atoms with Crippen LogP contribution in [0.15, 0.2) is 27.8 Å². The van der Waals surface area contributed by atoms with Crippen LogP contribution >= 0.6 is 23.4 Å². The van der Waals surface area contributed by atoms with Crippen molar-refractivity contribution < 1.29 is 9.21 Å². The van der Waals surface area contributed by atoms with E-state index >= 15 is 0 Å². The van der Waals surface area contributed by atoms with Gasteiger partial charge in [0.05, 0.1) is 5.25 Å². The molecule has 2 aromatic rings. The molecule has 0 bridgehead atoms. The van der Waals surface area contributed by atoms with Crippen molar-refractivity contribution in [3.63, 3.8) is 0 Å². The van der Waals surface area contributed by atoms with Crippen molar-refractivity contribution in [3.8, 4) is 0 Å². The van der Waals surface area contributed by atoms with Crippen LogP contribution in [0.3, 0.4) is 0 Å². The number of nitrogens with one attached hydrogen (secondary N) is 1. The summed E-state index contributed by atoms with van der Waals surface area (Å²) in [6.45, 7) is 6.63. The number of rotatable bonds is 5. The summed E-state index contributed by atoms with van der Waals surface area (Å²) in [4.78, 5) is 16.2. The Kier molecular flexibility index (Phi) is 4.94. The van der Waals surface area contributed by atoms with Crippen molar-refractivity contribution in [1.82, 2.24) is 10.3 Å². The molecule has 1 aromatic carbocycles. The minimum Gasteiger partial charge on any atom is -0.431 e. The number of oxazole rings is 1. The summed E-state index contributed by atoms with van der Waals surface area (Å²) in [6.07, 6.45) is 0. The molecule has 0 aliphatic carbocycles.